The molecular weight excluding hydrogens is 266 g/mol. The van der Waals surface area contributed by atoms with Crippen LogP contribution in [0.25, 0.3) is 0 Å². The van der Waals surface area contributed by atoms with Gasteiger partial charge in [0.05, 0.1) is 5.92 Å². The van der Waals surface area contributed by atoms with Crippen LogP contribution in [0.5, 0.6) is 0 Å². The van der Waals surface area contributed by atoms with Crippen molar-refractivity contribution in [1.29, 1.82) is 0 Å². The van der Waals surface area contributed by atoms with E-state index < -0.39 is 0 Å². The lowest BCUT2D eigenvalue weighted by Crippen LogP contribution is -2.43. The molecule has 1 saturated heterocycles. The number of amides is 2. The van der Waals surface area contributed by atoms with Gasteiger partial charge in [-0.1, -0.05) is 6.42 Å². The SMILES string of the molecule is CC(=O)N1CCCN(C(=O)C2CCCC2N)CC1.Cl. The van der Waals surface area contributed by atoms with E-state index >= 15 is 0 Å². The molecule has 0 aromatic heterocycles. The third-order valence-electron chi connectivity index (χ3n) is 4.14. The second kappa shape index (κ2) is 7.10. The molecule has 2 rings (SSSR count). The van der Waals surface area contributed by atoms with E-state index in [0.717, 1.165) is 38.8 Å². The average molecular weight is 290 g/mol. The molecule has 0 aromatic carbocycles. The van der Waals surface area contributed by atoms with E-state index in [9.17, 15) is 9.59 Å². The number of hydrogen-bond donors (Lipinski definition) is 1. The smallest absolute Gasteiger partial charge is 0.227 e. The predicted octanol–water partition coefficient (Wildman–Crippen LogP) is 0.616. The fraction of sp³-hybridized carbons (Fsp3) is 0.846. The predicted molar refractivity (Wildman–Crippen MR) is 76.0 cm³/mol. The number of carbonyl (C=O) groups is 2. The van der Waals surface area contributed by atoms with Crippen molar-refractivity contribution in [2.24, 2.45) is 11.7 Å². The molecule has 2 N–H and O–H groups in total. The highest BCUT2D eigenvalue weighted by Crippen LogP contribution is 2.26. The summed E-state index contributed by atoms with van der Waals surface area (Å²) in [5.41, 5.74) is 5.99. The molecule has 1 heterocycles. The summed E-state index contributed by atoms with van der Waals surface area (Å²) in [7, 11) is 0. The molecule has 2 aliphatic rings. The minimum atomic E-state index is 0. The lowest BCUT2D eigenvalue weighted by molar-refractivity contribution is -0.136. The van der Waals surface area contributed by atoms with Crippen LogP contribution < -0.4 is 5.73 Å². The average Bonchev–Trinajstić information content (AvgIpc) is 2.63. The second-order valence-corrected chi connectivity index (χ2v) is 5.39. The van der Waals surface area contributed by atoms with Crippen molar-refractivity contribution in [2.45, 2.75) is 38.6 Å². The van der Waals surface area contributed by atoms with Crippen LogP contribution >= 0.6 is 12.4 Å². The van der Waals surface area contributed by atoms with Crippen molar-refractivity contribution in [1.82, 2.24) is 9.80 Å². The number of hydrogen-bond acceptors (Lipinski definition) is 3. The zero-order chi connectivity index (χ0) is 13.1. The molecular formula is C13H24ClN3O2. The minimum absolute atomic E-state index is 0. The van der Waals surface area contributed by atoms with Crippen molar-refractivity contribution < 1.29 is 9.59 Å². The summed E-state index contributed by atoms with van der Waals surface area (Å²) in [5, 5.41) is 0. The summed E-state index contributed by atoms with van der Waals surface area (Å²) >= 11 is 0. The number of carbonyl (C=O) groups excluding carboxylic acids is 2. The first-order chi connectivity index (χ1) is 8.59. The van der Waals surface area contributed by atoms with E-state index in [0.29, 0.717) is 13.1 Å². The molecule has 2 atom stereocenters. The van der Waals surface area contributed by atoms with Crippen molar-refractivity contribution in [2.75, 3.05) is 26.2 Å². The van der Waals surface area contributed by atoms with Gasteiger partial charge in [-0.05, 0) is 19.3 Å². The van der Waals surface area contributed by atoms with Gasteiger partial charge in [0, 0.05) is 39.1 Å². The van der Waals surface area contributed by atoms with Gasteiger partial charge in [-0.25, -0.2) is 0 Å². The molecule has 19 heavy (non-hydrogen) atoms. The van der Waals surface area contributed by atoms with Gasteiger partial charge in [-0.2, -0.15) is 0 Å². The Labute approximate surface area is 120 Å². The molecule has 110 valence electrons. The van der Waals surface area contributed by atoms with E-state index in [4.69, 9.17) is 5.73 Å². The van der Waals surface area contributed by atoms with Crippen molar-refractivity contribution in [3.63, 3.8) is 0 Å². The molecule has 5 nitrogen and oxygen atoms in total. The summed E-state index contributed by atoms with van der Waals surface area (Å²) in [6, 6.07) is 0.0321. The van der Waals surface area contributed by atoms with Crippen LogP contribution in [-0.4, -0.2) is 53.8 Å². The number of nitrogens with zero attached hydrogens (tertiary/aromatic N) is 2. The van der Waals surface area contributed by atoms with Crippen molar-refractivity contribution in [3.8, 4) is 0 Å². The monoisotopic (exact) mass is 289 g/mol. The molecule has 1 aliphatic heterocycles. The number of nitrogens with two attached hydrogens (primary N) is 1. The van der Waals surface area contributed by atoms with Crippen LogP contribution in [0.1, 0.15) is 32.6 Å². The third-order valence-corrected chi connectivity index (χ3v) is 4.14. The van der Waals surface area contributed by atoms with E-state index in [1.165, 1.54) is 0 Å². The van der Waals surface area contributed by atoms with Crippen LogP contribution in [0.4, 0.5) is 0 Å². The number of halogens is 1. The van der Waals surface area contributed by atoms with Gasteiger partial charge in [0.25, 0.3) is 0 Å². The minimum Gasteiger partial charge on any atom is -0.341 e. The van der Waals surface area contributed by atoms with Crippen LogP contribution in [0.3, 0.4) is 0 Å². The molecule has 1 saturated carbocycles. The van der Waals surface area contributed by atoms with E-state index in [1.807, 2.05) is 9.80 Å². The normalized spacial score (nSPS) is 27.7. The Morgan fingerprint density at radius 2 is 1.63 bits per heavy atom. The maximum Gasteiger partial charge on any atom is 0.227 e. The first-order valence-corrected chi connectivity index (χ1v) is 6.89. The van der Waals surface area contributed by atoms with Crippen LogP contribution in [-0.2, 0) is 9.59 Å². The maximum atomic E-state index is 12.4. The molecule has 2 amide bonds. The van der Waals surface area contributed by atoms with Gasteiger partial charge in [0.15, 0.2) is 0 Å². The molecule has 2 fully saturated rings. The Morgan fingerprint density at radius 1 is 1.00 bits per heavy atom. The fourth-order valence-corrected chi connectivity index (χ4v) is 2.98. The zero-order valence-corrected chi connectivity index (χ0v) is 12.3. The summed E-state index contributed by atoms with van der Waals surface area (Å²) in [6.45, 7) is 4.41. The molecule has 0 spiro atoms. The third kappa shape index (κ3) is 3.83. The molecule has 1 aliphatic carbocycles. The lowest BCUT2D eigenvalue weighted by atomic mass is 10.0. The first kappa shape index (κ1) is 16.2. The molecule has 0 aromatic rings. The zero-order valence-electron chi connectivity index (χ0n) is 11.5. The number of rotatable bonds is 1. The van der Waals surface area contributed by atoms with Crippen molar-refractivity contribution >= 4 is 24.2 Å². The van der Waals surface area contributed by atoms with Gasteiger partial charge < -0.3 is 15.5 Å². The quantitative estimate of drug-likeness (QED) is 0.769. The second-order valence-electron chi connectivity index (χ2n) is 5.39. The van der Waals surface area contributed by atoms with Crippen LogP contribution in [0.2, 0.25) is 0 Å². The summed E-state index contributed by atoms with van der Waals surface area (Å²) in [6.07, 6.45) is 3.81. The summed E-state index contributed by atoms with van der Waals surface area (Å²) < 4.78 is 0. The maximum absolute atomic E-state index is 12.4. The van der Waals surface area contributed by atoms with Crippen LogP contribution in [0.15, 0.2) is 0 Å². The van der Waals surface area contributed by atoms with E-state index in [2.05, 4.69) is 0 Å². The Bertz CT molecular complexity index is 338. The summed E-state index contributed by atoms with van der Waals surface area (Å²) in [4.78, 5) is 27.4. The molecule has 0 radical (unpaired) electrons. The Kier molecular flexibility index (Phi) is 6.07. The van der Waals surface area contributed by atoms with Gasteiger partial charge >= 0.3 is 0 Å². The Morgan fingerprint density at radius 3 is 2.21 bits per heavy atom. The standard InChI is InChI=1S/C13H23N3O2.ClH/c1-10(17)15-6-3-7-16(9-8-15)13(18)11-4-2-5-12(11)14;/h11-12H,2-9,14H2,1H3;1H. The Balaban J connectivity index is 0.00000180. The van der Waals surface area contributed by atoms with Gasteiger partial charge in [0.1, 0.15) is 0 Å². The first-order valence-electron chi connectivity index (χ1n) is 6.89. The highest BCUT2D eigenvalue weighted by Gasteiger charge is 2.33. The molecule has 0 bridgehead atoms. The van der Waals surface area contributed by atoms with Gasteiger partial charge in [-0.15, -0.1) is 12.4 Å². The van der Waals surface area contributed by atoms with E-state index in [1.54, 1.807) is 6.92 Å². The highest BCUT2D eigenvalue weighted by molar-refractivity contribution is 5.85. The Hall–Kier alpha value is -0.810. The van der Waals surface area contributed by atoms with Crippen LogP contribution in [0, 0.1) is 5.92 Å². The van der Waals surface area contributed by atoms with E-state index in [-0.39, 0.29) is 36.2 Å². The molecule has 2 unspecified atom stereocenters. The van der Waals surface area contributed by atoms with Crippen molar-refractivity contribution in [3.05, 3.63) is 0 Å². The lowest BCUT2D eigenvalue weighted by Gasteiger charge is -2.26. The molecule has 6 heteroatoms. The highest BCUT2D eigenvalue weighted by atomic mass is 35.5. The largest absolute Gasteiger partial charge is 0.341 e. The summed E-state index contributed by atoms with van der Waals surface area (Å²) in [5.74, 6) is 0.307. The van der Waals surface area contributed by atoms with Gasteiger partial charge in [0.2, 0.25) is 11.8 Å². The fourth-order valence-electron chi connectivity index (χ4n) is 2.98. The topological polar surface area (TPSA) is 66.6 Å². The van der Waals surface area contributed by atoms with Gasteiger partial charge in [-0.3, -0.25) is 9.59 Å².